The number of hydrogen-bond acceptors (Lipinski definition) is 6. The number of halogens is 3. The molecular formula is C11H7F3N4O2S2. The summed E-state index contributed by atoms with van der Waals surface area (Å²) in [7, 11) is -2.94. The monoisotopic (exact) mass is 348 g/mol. The molecule has 0 bridgehead atoms. The van der Waals surface area contributed by atoms with Gasteiger partial charge in [-0.15, -0.1) is 10.2 Å². The van der Waals surface area contributed by atoms with Gasteiger partial charge in [-0.05, 0) is 18.2 Å². The number of rotatable bonds is 3. The second-order valence-electron chi connectivity index (χ2n) is 4.01. The number of sulfonamides is 1. The van der Waals surface area contributed by atoms with Crippen LogP contribution < -0.4 is 4.31 Å². The molecule has 0 N–H and O–H groups in total. The van der Waals surface area contributed by atoms with E-state index in [1.807, 2.05) is 0 Å². The molecule has 1 heterocycles. The highest BCUT2D eigenvalue weighted by atomic mass is 32.2. The van der Waals surface area contributed by atoms with Crippen LogP contribution in [0.25, 0.3) is 0 Å². The Labute approximate surface area is 127 Å². The fourth-order valence-corrected chi connectivity index (χ4v) is 3.51. The lowest BCUT2D eigenvalue weighted by Crippen LogP contribution is -2.26. The summed E-state index contributed by atoms with van der Waals surface area (Å²) in [5, 5.41) is 15.9. The first-order chi connectivity index (χ1) is 10.2. The minimum Gasteiger partial charge on any atom is -0.243 e. The van der Waals surface area contributed by atoms with Gasteiger partial charge in [-0.25, -0.2) is 12.7 Å². The Morgan fingerprint density at radius 3 is 2.55 bits per heavy atom. The second kappa shape index (κ2) is 5.54. The first kappa shape index (κ1) is 16.2. The fourth-order valence-electron chi connectivity index (χ4n) is 1.59. The van der Waals surface area contributed by atoms with Crippen molar-refractivity contribution in [1.82, 2.24) is 10.2 Å². The van der Waals surface area contributed by atoms with Crippen LogP contribution in [0.3, 0.4) is 0 Å². The van der Waals surface area contributed by atoms with Gasteiger partial charge in [0.25, 0.3) is 10.0 Å². The molecule has 11 heteroatoms. The van der Waals surface area contributed by atoms with Crippen molar-refractivity contribution in [3.63, 3.8) is 0 Å². The predicted octanol–water partition coefficient (Wildman–Crippen LogP) is 2.25. The van der Waals surface area contributed by atoms with Gasteiger partial charge in [0.1, 0.15) is 5.51 Å². The molecule has 0 unspecified atom stereocenters. The molecule has 22 heavy (non-hydrogen) atoms. The highest BCUT2D eigenvalue weighted by Gasteiger charge is 2.35. The molecule has 0 aliphatic carbocycles. The molecule has 116 valence electrons. The topological polar surface area (TPSA) is 87.0 Å². The molecule has 0 aliphatic rings. The van der Waals surface area contributed by atoms with E-state index in [1.54, 1.807) is 0 Å². The van der Waals surface area contributed by atoms with Gasteiger partial charge in [-0.2, -0.15) is 18.4 Å². The highest BCUT2D eigenvalue weighted by Crippen LogP contribution is 2.33. The zero-order chi connectivity index (χ0) is 16.5. The second-order valence-corrected chi connectivity index (χ2v) is 6.79. The van der Waals surface area contributed by atoms with Gasteiger partial charge in [-0.3, -0.25) is 0 Å². The van der Waals surface area contributed by atoms with Crippen LogP contribution in [-0.2, 0) is 16.2 Å². The lowest BCUT2D eigenvalue weighted by atomic mass is 10.1. The van der Waals surface area contributed by atoms with Crippen LogP contribution in [0, 0.1) is 11.3 Å². The molecule has 6 nitrogen and oxygen atoms in total. The van der Waals surface area contributed by atoms with E-state index in [9.17, 15) is 21.6 Å². The summed E-state index contributed by atoms with van der Waals surface area (Å²) in [5.74, 6) is 0. The van der Waals surface area contributed by atoms with Crippen molar-refractivity contribution in [3.8, 4) is 6.07 Å². The average molecular weight is 348 g/mol. The summed E-state index contributed by atoms with van der Waals surface area (Å²) >= 11 is 0.949. The number of anilines is 1. The molecule has 0 saturated carbocycles. The Bertz CT molecular complexity index is 826. The number of benzene rings is 1. The maximum absolute atomic E-state index is 12.7. The third-order valence-electron chi connectivity index (χ3n) is 2.69. The normalized spacial score (nSPS) is 12.0. The van der Waals surface area contributed by atoms with Crippen molar-refractivity contribution in [2.75, 3.05) is 11.4 Å². The number of hydrogen-bond donors (Lipinski definition) is 0. The highest BCUT2D eigenvalue weighted by molar-refractivity contribution is 7.93. The van der Waals surface area contributed by atoms with Gasteiger partial charge in [0.05, 0.1) is 22.1 Å². The molecule has 1 aromatic carbocycles. The van der Waals surface area contributed by atoms with Crippen LogP contribution in [0.4, 0.5) is 18.3 Å². The molecule has 0 saturated heterocycles. The summed E-state index contributed by atoms with van der Waals surface area (Å²) in [6.07, 6.45) is -4.74. The van der Waals surface area contributed by atoms with Crippen LogP contribution in [-0.4, -0.2) is 25.7 Å². The SMILES string of the molecule is CN(c1nncs1)S(=O)(=O)c1ccc(C(F)(F)F)c(C#N)c1. The molecule has 0 atom stereocenters. The lowest BCUT2D eigenvalue weighted by molar-refractivity contribution is -0.137. The van der Waals surface area contributed by atoms with E-state index in [1.165, 1.54) is 18.6 Å². The van der Waals surface area contributed by atoms with Crippen LogP contribution in [0.15, 0.2) is 28.6 Å². The minimum atomic E-state index is -4.74. The number of nitrogens with zero attached hydrogens (tertiary/aromatic N) is 4. The minimum absolute atomic E-state index is 0.0541. The van der Waals surface area contributed by atoms with Gasteiger partial charge >= 0.3 is 6.18 Å². The van der Waals surface area contributed by atoms with Crippen LogP contribution in [0.1, 0.15) is 11.1 Å². The number of alkyl halides is 3. The zero-order valence-electron chi connectivity index (χ0n) is 10.9. The summed E-state index contributed by atoms with van der Waals surface area (Å²) in [5.41, 5.74) is -0.638. The predicted molar refractivity (Wildman–Crippen MR) is 71.7 cm³/mol. The standard InChI is InChI=1S/C11H7F3N4O2S2/c1-18(10-17-16-6-21-10)22(19,20)8-2-3-9(11(12,13)14)7(4-8)5-15/h2-4,6H,1H3. The molecule has 0 spiro atoms. The van der Waals surface area contributed by atoms with Crippen LogP contribution >= 0.6 is 11.3 Å². The largest absolute Gasteiger partial charge is 0.417 e. The Kier molecular flexibility index (Phi) is 4.08. The van der Waals surface area contributed by atoms with Crippen LogP contribution in [0.5, 0.6) is 0 Å². The van der Waals surface area contributed by atoms with Gasteiger partial charge in [0.15, 0.2) is 0 Å². The lowest BCUT2D eigenvalue weighted by Gasteiger charge is -2.17. The summed E-state index contributed by atoms with van der Waals surface area (Å²) in [4.78, 5) is -0.435. The molecule has 0 aliphatic heterocycles. The van der Waals surface area contributed by atoms with Crippen molar-refractivity contribution >= 4 is 26.5 Å². The van der Waals surface area contributed by atoms with Crippen molar-refractivity contribution in [2.24, 2.45) is 0 Å². The first-order valence-electron chi connectivity index (χ1n) is 5.54. The van der Waals surface area contributed by atoms with Gasteiger partial charge in [0, 0.05) is 7.05 Å². The van der Waals surface area contributed by atoms with E-state index in [0.717, 1.165) is 21.7 Å². The molecule has 1 aromatic heterocycles. The third-order valence-corrected chi connectivity index (χ3v) is 5.32. The summed E-state index contributed by atoms with van der Waals surface area (Å²) < 4.78 is 63.6. The van der Waals surface area contributed by atoms with Gasteiger partial charge < -0.3 is 0 Å². The first-order valence-corrected chi connectivity index (χ1v) is 7.86. The number of aromatic nitrogens is 2. The maximum Gasteiger partial charge on any atom is 0.417 e. The number of nitriles is 1. The Morgan fingerprint density at radius 1 is 1.36 bits per heavy atom. The Morgan fingerprint density at radius 2 is 2.05 bits per heavy atom. The average Bonchev–Trinajstić information content (AvgIpc) is 2.98. The van der Waals surface area contributed by atoms with Gasteiger partial charge in [0.2, 0.25) is 5.13 Å². The molecule has 2 rings (SSSR count). The molecular weight excluding hydrogens is 341 g/mol. The van der Waals surface area contributed by atoms with Gasteiger partial charge in [-0.1, -0.05) is 11.3 Å². The van der Waals surface area contributed by atoms with Crippen molar-refractivity contribution in [2.45, 2.75) is 11.1 Å². The van der Waals surface area contributed by atoms with E-state index >= 15 is 0 Å². The van der Waals surface area contributed by atoms with E-state index in [-0.39, 0.29) is 5.13 Å². The van der Waals surface area contributed by atoms with Crippen LogP contribution in [0.2, 0.25) is 0 Å². The van der Waals surface area contributed by atoms with E-state index in [2.05, 4.69) is 10.2 Å². The molecule has 0 radical (unpaired) electrons. The van der Waals surface area contributed by atoms with E-state index in [0.29, 0.717) is 12.1 Å². The zero-order valence-corrected chi connectivity index (χ0v) is 12.5. The van der Waals surface area contributed by atoms with Crippen molar-refractivity contribution < 1.29 is 21.6 Å². The molecule has 0 fully saturated rings. The molecule has 2 aromatic rings. The fraction of sp³-hybridized carbons (Fsp3) is 0.182. The van der Waals surface area contributed by atoms with Crippen molar-refractivity contribution in [3.05, 3.63) is 34.8 Å². The smallest absolute Gasteiger partial charge is 0.243 e. The Hall–Kier alpha value is -2.19. The summed E-state index contributed by atoms with van der Waals surface area (Å²) in [6.45, 7) is 0. The Balaban J connectivity index is 2.52. The summed E-state index contributed by atoms with van der Waals surface area (Å²) in [6, 6.07) is 3.42. The van der Waals surface area contributed by atoms with E-state index in [4.69, 9.17) is 5.26 Å². The maximum atomic E-state index is 12.7. The van der Waals surface area contributed by atoms with E-state index < -0.39 is 32.2 Å². The quantitative estimate of drug-likeness (QED) is 0.849. The molecule has 0 amide bonds. The van der Waals surface area contributed by atoms with Crippen molar-refractivity contribution in [1.29, 1.82) is 5.26 Å². The third kappa shape index (κ3) is 2.88.